The highest BCUT2D eigenvalue weighted by Gasteiger charge is 2.14. The van der Waals surface area contributed by atoms with E-state index in [0.29, 0.717) is 0 Å². The summed E-state index contributed by atoms with van der Waals surface area (Å²) in [5.74, 6) is -1.19. The number of para-hydroxylation sites is 1. The molecule has 0 unspecified atom stereocenters. The molecule has 3 N–H and O–H groups in total. The minimum Gasteiger partial charge on any atom is -0.366 e. The van der Waals surface area contributed by atoms with Crippen molar-refractivity contribution < 1.29 is 9.59 Å². The van der Waals surface area contributed by atoms with E-state index in [4.69, 9.17) is 5.73 Å². The van der Waals surface area contributed by atoms with Crippen LogP contribution >= 0.6 is 0 Å². The Balaban J connectivity index is 1.85. The Morgan fingerprint density at radius 1 is 1.04 bits per heavy atom. The summed E-state index contributed by atoms with van der Waals surface area (Å²) in [5, 5.41) is 6.75. The van der Waals surface area contributed by atoms with Crippen molar-refractivity contribution in [2.45, 2.75) is 13.5 Å². The summed E-state index contributed by atoms with van der Waals surface area (Å²) in [6.45, 7) is 2.22. The minimum atomic E-state index is -0.650. The van der Waals surface area contributed by atoms with Gasteiger partial charge in [0, 0.05) is 6.07 Å². The second-order valence-electron chi connectivity index (χ2n) is 6.06. The summed E-state index contributed by atoms with van der Waals surface area (Å²) in [5.41, 5.74) is 7.54. The van der Waals surface area contributed by atoms with Crippen LogP contribution in [0.1, 0.15) is 32.0 Å². The van der Waals surface area contributed by atoms with Crippen molar-refractivity contribution in [2.24, 2.45) is 5.73 Å². The van der Waals surface area contributed by atoms with Crippen LogP contribution in [0.15, 0.2) is 65.5 Å². The van der Waals surface area contributed by atoms with Gasteiger partial charge in [0.1, 0.15) is 5.69 Å². The van der Waals surface area contributed by atoms with Crippen molar-refractivity contribution >= 4 is 17.5 Å². The van der Waals surface area contributed by atoms with Crippen molar-refractivity contribution in [1.82, 2.24) is 9.78 Å². The molecule has 3 rings (SSSR count). The molecule has 136 valence electrons. The lowest BCUT2D eigenvalue weighted by Gasteiger charge is -2.10. The molecule has 1 heterocycles. The van der Waals surface area contributed by atoms with Crippen LogP contribution in [0.25, 0.3) is 0 Å². The van der Waals surface area contributed by atoms with Crippen molar-refractivity contribution in [2.75, 3.05) is 5.32 Å². The van der Waals surface area contributed by atoms with Crippen LogP contribution in [0, 0.1) is 6.92 Å². The maximum Gasteiger partial charge on any atom is 0.276 e. The molecule has 7 heteroatoms. The lowest BCUT2D eigenvalue weighted by molar-refractivity contribution is 0.100. The summed E-state index contributed by atoms with van der Waals surface area (Å²) in [6.07, 6.45) is 0. The van der Waals surface area contributed by atoms with E-state index in [-0.39, 0.29) is 29.0 Å². The van der Waals surface area contributed by atoms with Crippen molar-refractivity contribution in [3.63, 3.8) is 0 Å². The van der Waals surface area contributed by atoms with Crippen LogP contribution in [0.4, 0.5) is 5.69 Å². The number of nitrogens with zero attached hydrogens (tertiary/aromatic N) is 2. The monoisotopic (exact) mass is 362 g/mol. The van der Waals surface area contributed by atoms with Crippen LogP contribution < -0.4 is 16.6 Å². The van der Waals surface area contributed by atoms with Gasteiger partial charge in [0.05, 0.1) is 17.8 Å². The van der Waals surface area contributed by atoms with Crippen molar-refractivity contribution in [1.29, 1.82) is 0 Å². The summed E-state index contributed by atoms with van der Waals surface area (Å²) in [4.78, 5) is 36.1. The molecule has 0 fully saturated rings. The summed E-state index contributed by atoms with van der Waals surface area (Å²) < 4.78 is 1.22. The number of hydrogen-bond donors (Lipinski definition) is 2. The first kappa shape index (κ1) is 18.1. The lowest BCUT2D eigenvalue weighted by atomic mass is 10.1. The van der Waals surface area contributed by atoms with Gasteiger partial charge in [-0.15, -0.1) is 0 Å². The number of nitrogens with one attached hydrogen (secondary N) is 1. The number of aromatic nitrogens is 2. The largest absolute Gasteiger partial charge is 0.366 e. The number of anilines is 1. The van der Waals surface area contributed by atoms with E-state index in [9.17, 15) is 14.4 Å². The maximum atomic E-state index is 12.5. The smallest absolute Gasteiger partial charge is 0.276 e. The fourth-order valence-corrected chi connectivity index (χ4v) is 2.54. The molecule has 0 atom stereocenters. The molecule has 0 aliphatic heterocycles. The van der Waals surface area contributed by atoms with Gasteiger partial charge in [0.15, 0.2) is 0 Å². The molecule has 0 spiro atoms. The van der Waals surface area contributed by atoms with Gasteiger partial charge in [0.25, 0.3) is 17.4 Å². The van der Waals surface area contributed by atoms with Gasteiger partial charge in [-0.2, -0.15) is 5.10 Å². The minimum absolute atomic E-state index is 0.0565. The zero-order chi connectivity index (χ0) is 19.4. The molecular formula is C20H18N4O3. The van der Waals surface area contributed by atoms with E-state index in [0.717, 1.165) is 11.1 Å². The van der Waals surface area contributed by atoms with Gasteiger partial charge in [-0.3, -0.25) is 14.4 Å². The topological polar surface area (TPSA) is 107 Å². The van der Waals surface area contributed by atoms with Gasteiger partial charge in [0.2, 0.25) is 0 Å². The number of primary amides is 1. The molecule has 2 aromatic carbocycles. The van der Waals surface area contributed by atoms with Gasteiger partial charge in [-0.1, -0.05) is 42.0 Å². The highest BCUT2D eigenvalue weighted by Crippen LogP contribution is 2.15. The Hall–Kier alpha value is -3.74. The second-order valence-corrected chi connectivity index (χ2v) is 6.06. The van der Waals surface area contributed by atoms with Gasteiger partial charge < -0.3 is 11.1 Å². The Morgan fingerprint density at radius 3 is 2.44 bits per heavy atom. The Bertz CT molecular complexity index is 1060. The van der Waals surface area contributed by atoms with E-state index in [1.54, 1.807) is 18.2 Å². The van der Waals surface area contributed by atoms with Crippen molar-refractivity contribution in [3.8, 4) is 0 Å². The molecule has 7 nitrogen and oxygen atoms in total. The predicted molar refractivity (Wildman–Crippen MR) is 102 cm³/mol. The Morgan fingerprint density at radius 2 is 1.74 bits per heavy atom. The quantitative estimate of drug-likeness (QED) is 0.723. The predicted octanol–water partition coefficient (Wildman–Crippen LogP) is 1.95. The fourth-order valence-electron chi connectivity index (χ4n) is 2.54. The van der Waals surface area contributed by atoms with Crippen LogP contribution in [0.2, 0.25) is 0 Å². The van der Waals surface area contributed by atoms with Crippen LogP contribution in [-0.2, 0) is 6.54 Å². The first-order valence-corrected chi connectivity index (χ1v) is 8.28. The molecule has 0 radical (unpaired) electrons. The number of aryl methyl sites for hydroxylation is 1. The van der Waals surface area contributed by atoms with Crippen molar-refractivity contribution in [3.05, 3.63) is 93.4 Å². The van der Waals surface area contributed by atoms with Gasteiger partial charge in [-0.25, -0.2) is 4.68 Å². The van der Waals surface area contributed by atoms with Crippen LogP contribution in [-0.4, -0.2) is 21.6 Å². The highest BCUT2D eigenvalue weighted by atomic mass is 16.2. The average molecular weight is 362 g/mol. The summed E-state index contributed by atoms with van der Waals surface area (Å²) in [6, 6.07) is 16.7. The molecule has 3 aromatic rings. The summed E-state index contributed by atoms with van der Waals surface area (Å²) in [7, 11) is 0. The van der Waals surface area contributed by atoms with Gasteiger partial charge >= 0.3 is 0 Å². The molecule has 0 bridgehead atoms. The maximum absolute atomic E-state index is 12.5. The average Bonchev–Trinajstić information content (AvgIpc) is 2.65. The third-order valence-electron chi connectivity index (χ3n) is 3.99. The number of carbonyl (C=O) groups excluding carboxylic acids is 2. The molecule has 1 aromatic heterocycles. The highest BCUT2D eigenvalue weighted by molar-refractivity contribution is 6.07. The third kappa shape index (κ3) is 4.27. The van der Waals surface area contributed by atoms with E-state index < -0.39 is 11.8 Å². The van der Waals surface area contributed by atoms with E-state index >= 15 is 0 Å². The zero-order valence-electron chi connectivity index (χ0n) is 14.7. The SMILES string of the molecule is Cc1ccc(Cn2nc(C(=O)Nc3ccccc3C(N)=O)ccc2=O)cc1. The number of rotatable bonds is 5. The molecule has 0 aliphatic rings. The molecule has 0 saturated heterocycles. The number of carbonyl (C=O) groups is 2. The normalized spacial score (nSPS) is 10.4. The molecule has 2 amide bonds. The van der Waals surface area contributed by atoms with E-state index in [2.05, 4.69) is 10.4 Å². The second kappa shape index (κ2) is 7.65. The number of hydrogen-bond acceptors (Lipinski definition) is 4. The lowest BCUT2D eigenvalue weighted by Crippen LogP contribution is -2.27. The Labute approximate surface area is 155 Å². The molecule has 0 saturated carbocycles. The fraction of sp³-hybridized carbons (Fsp3) is 0.100. The van der Waals surface area contributed by atoms with Crippen LogP contribution in [0.5, 0.6) is 0 Å². The number of benzene rings is 2. The summed E-state index contributed by atoms with van der Waals surface area (Å²) >= 11 is 0. The van der Waals surface area contributed by atoms with E-state index in [1.807, 2.05) is 31.2 Å². The number of nitrogens with two attached hydrogens (primary N) is 1. The van der Waals surface area contributed by atoms with E-state index in [1.165, 1.54) is 22.9 Å². The zero-order valence-corrected chi connectivity index (χ0v) is 14.7. The standard InChI is InChI=1S/C20H18N4O3/c1-13-6-8-14(9-7-13)12-24-18(25)11-10-17(23-24)20(27)22-16-5-3-2-4-15(16)19(21)26/h2-11H,12H2,1H3,(H2,21,26)(H,22,27). The first-order valence-electron chi connectivity index (χ1n) is 8.28. The number of amides is 2. The third-order valence-corrected chi connectivity index (χ3v) is 3.99. The molecule has 0 aliphatic carbocycles. The van der Waals surface area contributed by atoms with Crippen LogP contribution in [0.3, 0.4) is 0 Å². The van der Waals surface area contributed by atoms with Gasteiger partial charge in [-0.05, 0) is 30.7 Å². The molecule has 27 heavy (non-hydrogen) atoms. The Kier molecular flexibility index (Phi) is 5.12. The first-order chi connectivity index (χ1) is 12.9. The molecular weight excluding hydrogens is 344 g/mol.